The lowest BCUT2D eigenvalue weighted by atomic mass is 10.1. The number of halogens is 2. The van der Waals surface area contributed by atoms with E-state index in [1.165, 1.54) is 23.9 Å². The highest BCUT2D eigenvalue weighted by Crippen LogP contribution is 2.29. The molecule has 0 saturated heterocycles. The van der Waals surface area contributed by atoms with Crippen LogP contribution in [0.3, 0.4) is 0 Å². The third-order valence-corrected chi connectivity index (χ3v) is 5.67. The van der Waals surface area contributed by atoms with E-state index >= 15 is 0 Å². The fraction of sp³-hybridized carbons (Fsp3) is 0.273. The topological polar surface area (TPSA) is 39.9 Å². The van der Waals surface area contributed by atoms with Crippen molar-refractivity contribution in [2.24, 2.45) is 0 Å². The summed E-state index contributed by atoms with van der Waals surface area (Å²) in [6.07, 6.45) is 1.51. The lowest BCUT2D eigenvalue weighted by Gasteiger charge is -2.16. The predicted molar refractivity (Wildman–Crippen MR) is 116 cm³/mol. The molecule has 1 atom stereocenters. The fourth-order valence-electron chi connectivity index (χ4n) is 3.05. The van der Waals surface area contributed by atoms with Crippen LogP contribution in [0.4, 0.5) is 4.39 Å². The maximum Gasteiger partial charge on any atom is 0.191 e. The van der Waals surface area contributed by atoms with Crippen LogP contribution in [-0.4, -0.2) is 14.8 Å². The van der Waals surface area contributed by atoms with Gasteiger partial charge in [0.2, 0.25) is 0 Å². The van der Waals surface area contributed by atoms with E-state index < -0.39 is 0 Å². The van der Waals surface area contributed by atoms with Gasteiger partial charge in [0, 0.05) is 17.3 Å². The molecule has 152 valence electrons. The first-order chi connectivity index (χ1) is 13.9. The van der Waals surface area contributed by atoms with Crippen molar-refractivity contribution in [3.63, 3.8) is 0 Å². The first kappa shape index (κ1) is 21.4. The number of thioether (sulfide) groups is 1. The molecule has 29 heavy (non-hydrogen) atoms. The molecule has 0 saturated carbocycles. The van der Waals surface area contributed by atoms with Crippen LogP contribution in [0.2, 0.25) is 5.02 Å². The van der Waals surface area contributed by atoms with Gasteiger partial charge in [0.15, 0.2) is 17.1 Å². The van der Waals surface area contributed by atoms with Crippen LogP contribution in [0.5, 0.6) is 5.75 Å². The van der Waals surface area contributed by atoms with Gasteiger partial charge >= 0.3 is 0 Å². The zero-order valence-electron chi connectivity index (χ0n) is 16.7. The molecule has 0 spiro atoms. The van der Waals surface area contributed by atoms with Crippen LogP contribution in [-0.2, 0) is 12.3 Å². The average Bonchev–Trinajstić information content (AvgIpc) is 3.03. The molecule has 7 heteroatoms. The van der Waals surface area contributed by atoms with Gasteiger partial charge in [-0.05, 0) is 61.7 Å². The molecule has 0 amide bonds. The summed E-state index contributed by atoms with van der Waals surface area (Å²) in [5, 5.41) is 9.81. The number of hydrogen-bond acceptors (Lipinski definition) is 4. The second kappa shape index (κ2) is 9.46. The van der Waals surface area contributed by atoms with Crippen molar-refractivity contribution in [1.82, 2.24) is 14.8 Å². The normalized spacial score (nSPS) is 12.0. The maximum atomic E-state index is 13.3. The molecular formula is C22H23ClFN3OS. The molecular weight excluding hydrogens is 409 g/mol. The molecule has 0 aliphatic rings. The summed E-state index contributed by atoms with van der Waals surface area (Å²) in [5.74, 6) is 1.73. The number of benzene rings is 2. The van der Waals surface area contributed by atoms with E-state index in [0.29, 0.717) is 17.3 Å². The summed E-state index contributed by atoms with van der Waals surface area (Å²) in [5.41, 5.74) is 3.13. The second-order valence-corrected chi connectivity index (χ2v) is 8.20. The molecule has 2 aromatic carbocycles. The van der Waals surface area contributed by atoms with E-state index in [0.717, 1.165) is 33.4 Å². The van der Waals surface area contributed by atoms with Gasteiger partial charge in [-0.2, -0.15) is 0 Å². The van der Waals surface area contributed by atoms with Gasteiger partial charge in [-0.1, -0.05) is 41.6 Å². The Hall–Kier alpha value is -2.31. The Morgan fingerprint density at radius 3 is 2.59 bits per heavy atom. The molecule has 4 nitrogen and oxygen atoms in total. The van der Waals surface area contributed by atoms with Gasteiger partial charge in [0.1, 0.15) is 11.6 Å². The highest BCUT2D eigenvalue weighted by molar-refractivity contribution is 7.98. The van der Waals surface area contributed by atoms with Crippen molar-refractivity contribution in [3.05, 3.63) is 82.4 Å². The summed E-state index contributed by atoms with van der Waals surface area (Å²) in [7, 11) is 0. The Morgan fingerprint density at radius 2 is 1.93 bits per heavy atom. The number of allylic oxidation sites excluding steroid dienone is 1. The number of rotatable bonds is 8. The van der Waals surface area contributed by atoms with Gasteiger partial charge in [-0.15, -0.1) is 16.8 Å². The van der Waals surface area contributed by atoms with Gasteiger partial charge in [0.25, 0.3) is 0 Å². The lowest BCUT2D eigenvalue weighted by Crippen LogP contribution is -2.12. The predicted octanol–water partition coefficient (Wildman–Crippen LogP) is 6.31. The molecule has 1 unspecified atom stereocenters. The summed E-state index contributed by atoms with van der Waals surface area (Å²) in [6, 6.07) is 10.5. The molecule has 1 heterocycles. The van der Waals surface area contributed by atoms with E-state index in [4.69, 9.17) is 16.3 Å². The van der Waals surface area contributed by atoms with Gasteiger partial charge in [0.05, 0.1) is 0 Å². The van der Waals surface area contributed by atoms with Crippen LogP contribution in [0.25, 0.3) is 0 Å². The quantitative estimate of drug-likeness (QED) is 0.309. The minimum absolute atomic E-state index is 0.285. The summed E-state index contributed by atoms with van der Waals surface area (Å²) >= 11 is 7.62. The van der Waals surface area contributed by atoms with Crippen molar-refractivity contribution in [2.75, 3.05) is 0 Å². The SMILES string of the molecule is C=CCn1c(SCc2ccc(F)cc2Cl)nnc1C(C)Oc1cc(C)cc(C)c1. The largest absolute Gasteiger partial charge is 0.483 e. The molecule has 0 radical (unpaired) electrons. The minimum Gasteiger partial charge on any atom is -0.483 e. The van der Waals surface area contributed by atoms with Crippen LogP contribution < -0.4 is 4.74 Å². The zero-order valence-corrected chi connectivity index (χ0v) is 18.2. The molecule has 0 aliphatic carbocycles. The number of nitrogens with zero attached hydrogens (tertiary/aromatic N) is 3. The van der Waals surface area contributed by atoms with E-state index in [2.05, 4.69) is 22.8 Å². The molecule has 3 rings (SSSR count). The zero-order chi connectivity index (χ0) is 21.0. The van der Waals surface area contributed by atoms with Crippen molar-refractivity contribution < 1.29 is 9.13 Å². The van der Waals surface area contributed by atoms with Gasteiger partial charge < -0.3 is 4.74 Å². The van der Waals surface area contributed by atoms with E-state index in [-0.39, 0.29) is 11.9 Å². The molecule has 3 aromatic rings. The molecule has 0 N–H and O–H groups in total. The average molecular weight is 432 g/mol. The van der Waals surface area contributed by atoms with Crippen LogP contribution in [0.15, 0.2) is 54.2 Å². The standard InChI is InChI=1S/C22H23ClFN3OS/c1-5-8-27-21(16(4)28-19-10-14(2)9-15(3)11-19)25-26-22(27)29-13-17-6-7-18(24)12-20(17)23/h5-7,9-12,16H,1,8,13H2,2-4H3. The smallest absolute Gasteiger partial charge is 0.191 e. The summed E-state index contributed by atoms with van der Waals surface area (Å²) < 4.78 is 21.4. The van der Waals surface area contributed by atoms with Crippen LogP contribution in [0, 0.1) is 19.7 Å². The van der Waals surface area contributed by atoms with Crippen molar-refractivity contribution in [1.29, 1.82) is 0 Å². The Labute approximate surface area is 179 Å². The molecule has 0 fully saturated rings. The first-order valence-electron chi connectivity index (χ1n) is 9.23. The molecule has 0 bridgehead atoms. The van der Waals surface area contributed by atoms with Crippen LogP contribution in [0.1, 0.15) is 35.5 Å². The second-order valence-electron chi connectivity index (χ2n) is 6.85. The third-order valence-electron chi connectivity index (χ3n) is 4.30. The Bertz CT molecular complexity index is 1000. The van der Waals surface area contributed by atoms with Crippen molar-refractivity contribution in [3.8, 4) is 5.75 Å². The van der Waals surface area contributed by atoms with Gasteiger partial charge in [-0.25, -0.2) is 4.39 Å². The summed E-state index contributed by atoms with van der Waals surface area (Å²) in [4.78, 5) is 0. The number of hydrogen-bond donors (Lipinski definition) is 0. The lowest BCUT2D eigenvalue weighted by molar-refractivity contribution is 0.210. The van der Waals surface area contributed by atoms with Crippen molar-refractivity contribution in [2.45, 2.75) is 44.3 Å². The number of aryl methyl sites for hydroxylation is 2. The van der Waals surface area contributed by atoms with E-state index in [1.54, 1.807) is 12.1 Å². The summed E-state index contributed by atoms with van der Waals surface area (Å²) in [6.45, 7) is 10.4. The number of ether oxygens (including phenoxy) is 1. The highest BCUT2D eigenvalue weighted by atomic mass is 35.5. The number of aromatic nitrogens is 3. The maximum absolute atomic E-state index is 13.3. The fourth-order valence-corrected chi connectivity index (χ4v) is 4.32. The Kier molecular flexibility index (Phi) is 6.98. The molecule has 1 aromatic heterocycles. The van der Waals surface area contributed by atoms with Gasteiger partial charge in [-0.3, -0.25) is 4.57 Å². The monoisotopic (exact) mass is 431 g/mol. The highest BCUT2D eigenvalue weighted by Gasteiger charge is 2.19. The Morgan fingerprint density at radius 1 is 1.21 bits per heavy atom. The van der Waals surface area contributed by atoms with E-state index in [9.17, 15) is 4.39 Å². The van der Waals surface area contributed by atoms with Crippen molar-refractivity contribution >= 4 is 23.4 Å². The minimum atomic E-state index is -0.349. The third kappa shape index (κ3) is 5.40. The van der Waals surface area contributed by atoms with E-state index in [1.807, 2.05) is 37.5 Å². The molecule has 0 aliphatic heterocycles. The van der Waals surface area contributed by atoms with Crippen LogP contribution >= 0.6 is 23.4 Å². The first-order valence-corrected chi connectivity index (χ1v) is 10.6. The Balaban J connectivity index is 1.79.